The topological polar surface area (TPSA) is 53.3 Å². The molecule has 1 aliphatic heterocycles. The Morgan fingerprint density at radius 3 is 3.12 bits per heavy atom. The Hall–Kier alpha value is -1.73. The number of hydrogen-bond donors (Lipinski definition) is 0. The quantitative estimate of drug-likeness (QED) is 0.789. The molecule has 0 atom stereocenters. The van der Waals surface area contributed by atoms with Crippen molar-refractivity contribution >= 4 is 23.2 Å². The van der Waals surface area contributed by atoms with E-state index in [1.54, 1.807) is 18.2 Å². The van der Waals surface area contributed by atoms with Gasteiger partial charge in [-0.1, -0.05) is 11.6 Å². The van der Waals surface area contributed by atoms with E-state index in [9.17, 15) is 4.79 Å². The predicted molar refractivity (Wildman–Crippen MR) is 59.5 cm³/mol. The summed E-state index contributed by atoms with van der Waals surface area (Å²) < 4.78 is 5.27. The second-order valence-corrected chi connectivity index (χ2v) is 3.79. The molecule has 1 aromatic carbocycles. The van der Waals surface area contributed by atoms with E-state index in [-0.39, 0.29) is 18.9 Å². The maximum atomic E-state index is 11.6. The molecule has 0 bridgehead atoms. The van der Waals surface area contributed by atoms with Crippen LogP contribution in [0.1, 0.15) is 6.42 Å². The van der Waals surface area contributed by atoms with Crippen molar-refractivity contribution in [1.82, 2.24) is 0 Å². The van der Waals surface area contributed by atoms with Gasteiger partial charge in [-0.3, -0.25) is 4.79 Å². The third-order valence-corrected chi connectivity index (χ3v) is 2.55. The molecule has 0 saturated heterocycles. The van der Waals surface area contributed by atoms with Crippen LogP contribution in [-0.4, -0.2) is 19.1 Å². The molecule has 1 aromatic rings. The van der Waals surface area contributed by atoms with E-state index in [1.165, 1.54) is 4.90 Å². The van der Waals surface area contributed by atoms with E-state index in [2.05, 4.69) is 0 Å². The zero-order chi connectivity index (χ0) is 11.5. The molecule has 0 aliphatic carbocycles. The van der Waals surface area contributed by atoms with Crippen LogP contribution in [0.4, 0.5) is 5.69 Å². The van der Waals surface area contributed by atoms with Crippen molar-refractivity contribution in [3.05, 3.63) is 23.2 Å². The van der Waals surface area contributed by atoms with Crippen molar-refractivity contribution in [2.45, 2.75) is 6.42 Å². The normalized spacial score (nSPS) is 14.0. The molecule has 0 radical (unpaired) electrons. The average Bonchev–Trinajstić information content (AvgIpc) is 2.28. The van der Waals surface area contributed by atoms with Crippen molar-refractivity contribution in [3.8, 4) is 11.8 Å². The number of ether oxygens (including phenoxy) is 1. The van der Waals surface area contributed by atoms with Crippen LogP contribution in [0.15, 0.2) is 18.2 Å². The average molecular weight is 237 g/mol. The largest absolute Gasteiger partial charge is 0.482 e. The predicted octanol–water partition coefficient (Wildman–Crippen LogP) is 1.98. The fourth-order valence-electron chi connectivity index (χ4n) is 1.58. The second kappa shape index (κ2) is 4.42. The van der Waals surface area contributed by atoms with Gasteiger partial charge in [0.1, 0.15) is 5.75 Å². The highest BCUT2D eigenvalue weighted by Crippen LogP contribution is 2.34. The van der Waals surface area contributed by atoms with Crippen LogP contribution < -0.4 is 9.64 Å². The third kappa shape index (κ3) is 1.95. The van der Waals surface area contributed by atoms with Crippen LogP contribution in [0.5, 0.6) is 5.75 Å². The summed E-state index contributed by atoms with van der Waals surface area (Å²) in [6.07, 6.45) is 0.289. The van der Waals surface area contributed by atoms with Crippen LogP contribution in [0.3, 0.4) is 0 Å². The maximum absolute atomic E-state index is 11.6. The fraction of sp³-hybridized carbons (Fsp3) is 0.273. The summed E-state index contributed by atoms with van der Waals surface area (Å²) in [6.45, 7) is 0.381. The summed E-state index contributed by atoms with van der Waals surface area (Å²) in [6, 6.07) is 7.12. The first-order chi connectivity index (χ1) is 7.72. The highest BCUT2D eigenvalue weighted by molar-refractivity contribution is 6.31. The Labute approximate surface area is 98.0 Å². The number of carbonyl (C=O) groups is 1. The first kappa shape index (κ1) is 10.8. The lowest BCUT2D eigenvalue weighted by atomic mass is 10.2. The van der Waals surface area contributed by atoms with E-state index in [0.29, 0.717) is 23.0 Å². The number of anilines is 1. The molecule has 2 rings (SSSR count). The fourth-order valence-corrected chi connectivity index (χ4v) is 1.75. The Morgan fingerprint density at radius 2 is 2.38 bits per heavy atom. The molecule has 4 nitrogen and oxygen atoms in total. The van der Waals surface area contributed by atoms with Crippen LogP contribution in [0, 0.1) is 11.3 Å². The van der Waals surface area contributed by atoms with Gasteiger partial charge in [0.15, 0.2) is 6.61 Å². The first-order valence-corrected chi connectivity index (χ1v) is 5.20. The minimum atomic E-state index is -0.148. The Morgan fingerprint density at radius 1 is 1.56 bits per heavy atom. The number of hydrogen-bond acceptors (Lipinski definition) is 3. The highest BCUT2D eigenvalue weighted by atomic mass is 35.5. The number of nitrogens with zero attached hydrogens (tertiary/aromatic N) is 2. The monoisotopic (exact) mass is 236 g/mol. The Kier molecular flexibility index (Phi) is 2.97. The Bertz CT molecular complexity index is 468. The smallest absolute Gasteiger partial charge is 0.265 e. The van der Waals surface area contributed by atoms with Gasteiger partial charge in [0.2, 0.25) is 0 Å². The molecule has 16 heavy (non-hydrogen) atoms. The number of amides is 1. The molecule has 0 aromatic heterocycles. The summed E-state index contributed by atoms with van der Waals surface area (Å²) >= 11 is 5.87. The lowest BCUT2D eigenvalue weighted by molar-refractivity contribution is -0.121. The SMILES string of the molecule is N#CCCN1C(=O)COc2ccc(Cl)cc21. The summed E-state index contributed by atoms with van der Waals surface area (Å²) in [4.78, 5) is 13.2. The molecular weight excluding hydrogens is 228 g/mol. The molecule has 1 amide bonds. The number of fused-ring (bicyclic) bond motifs is 1. The second-order valence-electron chi connectivity index (χ2n) is 3.35. The number of nitriles is 1. The molecule has 1 heterocycles. The van der Waals surface area contributed by atoms with E-state index in [1.807, 2.05) is 6.07 Å². The van der Waals surface area contributed by atoms with Crippen molar-refractivity contribution in [3.63, 3.8) is 0 Å². The van der Waals surface area contributed by atoms with Gasteiger partial charge < -0.3 is 9.64 Å². The van der Waals surface area contributed by atoms with Gasteiger partial charge >= 0.3 is 0 Å². The molecule has 0 fully saturated rings. The molecule has 82 valence electrons. The molecular formula is C11H9ClN2O2. The molecule has 5 heteroatoms. The molecule has 1 aliphatic rings. The summed E-state index contributed by atoms with van der Waals surface area (Å²) in [5, 5.41) is 9.08. The van der Waals surface area contributed by atoms with E-state index in [4.69, 9.17) is 21.6 Å². The lowest BCUT2D eigenvalue weighted by Gasteiger charge is -2.28. The lowest BCUT2D eigenvalue weighted by Crippen LogP contribution is -2.39. The number of halogens is 1. The zero-order valence-electron chi connectivity index (χ0n) is 8.44. The van der Waals surface area contributed by atoms with Gasteiger partial charge in [-0.2, -0.15) is 5.26 Å². The first-order valence-electron chi connectivity index (χ1n) is 4.82. The highest BCUT2D eigenvalue weighted by Gasteiger charge is 2.25. The molecule has 0 N–H and O–H groups in total. The van der Waals surface area contributed by atoms with Gasteiger partial charge in [-0.15, -0.1) is 0 Å². The van der Waals surface area contributed by atoms with Crippen molar-refractivity contribution in [1.29, 1.82) is 5.26 Å². The van der Waals surface area contributed by atoms with Crippen LogP contribution in [-0.2, 0) is 4.79 Å². The summed E-state index contributed by atoms with van der Waals surface area (Å²) in [7, 11) is 0. The number of rotatable bonds is 2. The maximum Gasteiger partial charge on any atom is 0.265 e. The van der Waals surface area contributed by atoms with Crippen LogP contribution >= 0.6 is 11.6 Å². The van der Waals surface area contributed by atoms with Gasteiger partial charge in [0.25, 0.3) is 5.91 Å². The molecule has 0 unspecified atom stereocenters. The van der Waals surface area contributed by atoms with Gasteiger partial charge in [-0.05, 0) is 18.2 Å². The van der Waals surface area contributed by atoms with Gasteiger partial charge in [-0.25, -0.2) is 0 Å². The van der Waals surface area contributed by atoms with E-state index >= 15 is 0 Å². The van der Waals surface area contributed by atoms with Crippen molar-refractivity contribution in [2.75, 3.05) is 18.1 Å². The number of benzene rings is 1. The molecule has 0 saturated carbocycles. The minimum absolute atomic E-state index is 0.0139. The summed E-state index contributed by atoms with van der Waals surface area (Å²) in [5.41, 5.74) is 0.638. The van der Waals surface area contributed by atoms with E-state index in [0.717, 1.165) is 0 Å². The number of carbonyl (C=O) groups excluding carboxylic acids is 1. The van der Waals surface area contributed by atoms with Crippen molar-refractivity contribution in [2.24, 2.45) is 0 Å². The van der Waals surface area contributed by atoms with Gasteiger partial charge in [0, 0.05) is 11.6 Å². The van der Waals surface area contributed by atoms with E-state index < -0.39 is 0 Å². The third-order valence-electron chi connectivity index (χ3n) is 2.31. The Balaban J connectivity index is 2.35. The molecule has 0 spiro atoms. The minimum Gasteiger partial charge on any atom is -0.482 e. The van der Waals surface area contributed by atoms with Crippen LogP contribution in [0.25, 0.3) is 0 Å². The van der Waals surface area contributed by atoms with Crippen molar-refractivity contribution < 1.29 is 9.53 Å². The zero-order valence-corrected chi connectivity index (χ0v) is 9.20. The standard InChI is InChI=1S/C11H9ClN2O2/c12-8-2-3-10-9(6-8)14(5-1-4-13)11(15)7-16-10/h2-3,6H,1,5,7H2. The summed E-state index contributed by atoms with van der Waals surface area (Å²) in [5.74, 6) is 0.479. The van der Waals surface area contributed by atoms with Gasteiger partial charge in [0.05, 0.1) is 18.2 Å². The van der Waals surface area contributed by atoms with Crippen LogP contribution in [0.2, 0.25) is 5.02 Å².